The molecule has 0 amide bonds. The molecule has 0 spiro atoms. The van der Waals surface area contributed by atoms with Gasteiger partial charge in [0.05, 0.1) is 0 Å². The predicted octanol–water partition coefficient (Wildman–Crippen LogP) is 3.39. The Bertz CT molecular complexity index is 693. The standard InChI is InChI=1S/C21H30N4O/c1-17-12-23-21(20-6-10-26-11-7-20)25(17)16-19-5-3-9-24(15-19)14-18-4-2-8-22-13-18/h2,4,8,12-13,19-20H,3,5-7,9-11,14-16H2,1H3. The van der Waals surface area contributed by atoms with E-state index in [2.05, 4.69) is 33.6 Å². The van der Waals surface area contributed by atoms with Gasteiger partial charge in [-0.25, -0.2) is 4.98 Å². The van der Waals surface area contributed by atoms with Crippen molar-refractivity contribution in [1.82, 2.24) is 19.4 Å². The van der Waals surface area contributed by atoms with Crippen molar-refractivity contribution in [2.75, 3.05) is 26.3 Å². The Hall–Kier alpha value is -1.72. The summed E-state index contributed by atoms with van der Waals surface area (Å²) in [6.07, 6.45) is 10.7. The summed E-state index contributed by atoms with van der Waals surface area (Å²) in [6.45, 7) is 8.42. The molecule has 2 aromatic heterocycles. The zero-order chi connectivity index (χ0) is 17.8. The van der Waals surface area contributed by atoms with Crippen LogP contribution in [0.15, 0.2) is 30.7 Å². The first kappa shape index (κ1) is 17.7. The summed E-state index contributed by atoms with van der Waals surface area (Å²) in [5.74, 6) is 2.55. The van der Waals surface area contributed by atoms with E-state index >= 15 is 0 Å². The van der Waals surface area contributed by atoms with Crippen molar-refractivity contribution in [2.24, 2.45) is 5.92 Å². The van der Waals surface area contributed by atoms with Gasteiger partial charge in [0.1, 0.15) is 5.82 Å². The second-order valence-corrected chi connectivity index (χ2v) is 7.86. The molecule has 0 bridgehead atoms. The topological polar surface area (TPSA) is 43.2 Å². The molecule has 4 heterocycles. The minimum absolute atomic E-state index is 0.563. The molecule has 0 saturated carbocycles. The molecule has 4 rings (SSSR count). The molecule has 1 unspecified atom stereocenters. The fourth-order valence-electron chi connectivity index (χ4n) is 4.45. The number of rotatable bonds is 5. The highest BCUT2D eigenvalue weighted by molar-refractivity contribution is 5.10. The molecule has 0 N–H and O–H groups in total. The largest absolute Gasteiger partial charge is 0.381 e. The number of imidazole rings is 1. The normalized spacial score (nSPS) is 22.6. The lowest BCUT2D eigenvalue weighted by molar-refractivity contribution is 0.0821. The van der Waals surface area contributed by atoms with Crippen molar-refractivity contribution in [3.63, 3.8) is 0 Å². The van der Waals surface area contributed by atoms with Gasteiger partial charge in [-0.1, -0.05) is 6.07 Å². The van der Waals surface area contributed by atoms with Gasteiger partial charge in [-0.15, -0.1) is 0 Å². The Labute approximate surface area is 156 Å². The molecule has 2 aliphatic rings. The zero-order valence-corrected chi connectivity index (χ0v) is 15.8. The van der Waals surface area contributed by atoms with Gasteiger partial charge in [0.2, 0.25) is 0 Å². The van der Waals surface area contributed by atoms with Crippen LogP contribution in [0.2, 0.25) is 0 Å². The van der Waals surface area contributed by atoms with Crippen LogP contribution in [0, 0.1) is 12.8 Å². The molecule has 5 heteroatoms. The molecule has 1 atom stereocenters. The number of likely N-dealkylation sites (tertiary alicyclic amines) is 1. The Balaban J connectivity index is 1.41. The number of piperidine rings is 1. The van der Waals surface area contributed by atoms with E-state index in [4.69, 9.17) is 9.72 Å². The van der Waals surface area contributed by atoms with Crippen molar-refractivity contribution < 1.29 is 4.74 Å². The average molecular weight is 354 g/mol. The number of aromatic nitrogens is 3. The van der Waals surface area contributed by atoms with E-state index in [-0.39, 0.29) is 0 Å². The summed E-state index contributed by atoms with van der Waals surface area (Å²) in [6, 6.07) is 4.21. The molecular weight excluding hydrogens is 324 g/mol. The lowest BCUT2D eigenvalue weighted by atomic mass is 9.96. The summed E-state index contributed by atoms with van der Waals surface area (Å²) < 4.78 is 8.03. The number of hydrogen-bond acceptors (Lipinski definition) is 4. The van der Waals surface area contributed by atoms with E-state index in [0.717, 1.165) is 39.1 Å². The van der Waals surface area contributed by atoms with Crippen LogP contribution in [0.4, 0.5) is 0 Å². The predicted molar refractivity (Wildman–Crippen MR) is 102 cm³/mol. The summed E-state index contributed by atoms with van der Waals surface area (Å²) in [5, 5.41) is 0. The Kier molecular flexibility index (Phi) is 5.65. The van der Waals surface area contributed by atoms with Crippen LogP contribution >= 0.6 is 0 Å². The molecule has 0 radical (unpaired) electrons. The third-order valence-electron chi connectivity index (χ3n) is 5.85. The van der Waals surface area contributed by atoms with Gasteiger partial charge in [0.25, 0.3) is 0 Å². The molecule has 5 nitrogen and oxygen atoms in total. The number of pyridine rings is 1. The SMILES string of the molecule is Cc1cnc(C2CCOCC2)n1CC1CCCN(Cc2cccnc2)C1. The van der Waals surface area contributed by atoms with E-state index in [1.54, 1.807) is 0 Å². The summed E-state index contributed by atoms with van der Waals surface area (Å²) in [7, 11) is 0. The van der Waals surface area contributed by atoms with E-state index in [1.807, 2.05) is 18.5 Å². The number of ether oxygens (including phenoxy) is 1. The van der Waals surface area contributed by atoms with Crippen molar-refractivity contribution in [1.29, 1.82) is 0 Å². The second-order valence-electron chi connectivity index (χ2n) is 7.86. The third kappa shape index (κ3) is 4.15. The molecule has 2 aromatic rings. The molecule has 0 aromatic carbocycles. The van der Waals surface area contributed by atoms with Crippen LogP contribution in [-0.4, -0.2) is 45.7 Å². The van der Waals surface area contributed by atoms with Gasteiger partial charge in [-0.3, -0.25) is 9.88 Å². The van der Waals surface area contributed by atoms with E-state index in [9.17, 15) is 0 Å². The van der Waals surface area contributed by atoms with Crippen LogP contribution in [0.1, 0.15) is 48.7 Å². The Morgan fingerprint density at radius 1 is 1.19 bits per heavy atom. The molecule has 2 fully saturated rings. The van der Waals surface area contributed by atoms with Gasteiger partial charge >= 0.3 is 0 Å². The molecule has 0 aliphatic carbocycles. The Morgan fingerprint density at radius 3 is 2.88 bits per heavy atom. The van der Waals surface area contributed by atoms with Crippen LogP contribution < -0.4 is 0 Å². The Morgan fingerprint density at radius 2 is 2.08 bits per heavy atom. The molecule has 140 valence electrons. The van der Waals surface area contributed by atoms with Crippen LogP contribution in [0.3, 0.4) is 0 Å². The van der Waals surface area contributed by atoms with Crippen LogP contribution in [-0.2, 0) is 17.8 Å². The maximum Gasteiger partial charge on any atom is 0.112 e. The summed E-state index contributed by atoms with van der Waals surface area (Å²) in [5.41, 5.74) is 2.62. The molecule has 26 heavy (non-hydrogen) atoms. The first-order valence-corrected chi connectivity index (χ1v) is 10.0. The van der Waals surface area contributed by atoms with Gasteiger partial charge in [0.15, 0.2) is 0 Å². The lowest BCUT2D eigenvalue weighted by Crippen LogP contribution is -2.37. The minimum Gasteiger partial charge on any atom is -0.381 e. The zero-order valence-electron chi connectivity index (χ0n) is 15.8. The quantitative estimate of drug-likeness (QED) is 0.825. The van der Waals surface area contributed by atoms with E-state index < -0.39 is 0 Å². The summed E-state index contributed by atoms with van der Waals surface area (Å²) in [4.78, 5) is 11.6. The third-order valence-corrected chi connectivity index (χ3v) is 5.85. The smallest absolute Gasteiger partial charge is 0.112 e. The van der Waals surface area contributed by atoms with Gasteiger partial charge in [0, 0.05) is 63.1 Å². The minimum atomic E-state index is 0.563. The highest BCUT2D eigenvalue weighted by atomic mass is 16.5. The molecule has 2 aliphatic heterocycles. The highest BCUT2D eigenvalue weighted by Crippen LogP contribution is 2.28. The molecule has 2 saturated heterocycles. The van der Waals surface area contributed by atoms with Gasteiger partial charge < -0.3 is 9.30 Å². The number of hydrogen-bond donors (Lipinski definition) is 0. The average Bonchev–Trinajstić information content (AvgIpc) is 3.04. The number of nitrogens with zero attached hydrogens (tertiary/aromatic N) is 4. The molecular formula is C21H30N4O. The van der Waals surface area contributed by atoms with E-state index in [0.29, 0.717) is 11.8 Å². The summed E-state index contributed by atoms with van der Waals surface area (Å²) >= 11 is 0. The maximum absolute atomic E-state index is 5.54. The lowest BCUT2D eigenvalue weighted by Gasteiger charge is -2.34. The second kappa shape index (κ2) is 8.31. The monoisotopic (exact) mass is 354 g/mol. The highest BCUT2D eigenvalue weighted by Gasteiger charge is 2.25. The van der Waals surface area contributed by atoms with Crippen molar-refractivity contribution >= 4 is 0 Å². The van der Waals surface area contributed by atoms with Crippen molar-refractivity contribution in [2.45, 2.75) is 51.6 Å². The first-order valence-electron chi connectivity index (χ1n) is 10.0. The van der Waals surface area contributed by atoms with Crippen LogP contribution in [0.25, 0.3) is 0 Å². The number of aryl methyl sites for hydroxylation is 1. The van der Waals surface area contributed by atoms with Gasteiger partial charge in [-0.05, 0) is 56.7 Å². The fraction of sp³-hybridized carbons (Fsp3) is 0.619. The van der Waals surface area contributed by atoms with Crippen LogP contribution in [0.5, 0.6) is 0 Å². The van der Waals surface area contributed by atoms with Crippen molar-refractivity contribution in [3.8, 4) is 0 Å². The van der Waals surface area contributed by atoms with Gasteiger partial charge in [-0.2, -0.15) is 0 Å². The first-order chi connectivity index (χ1) is 12.8. The fourth-order valence-corrected chi connectivity index (χ4v) is 4.45. The van der Waals surface area contributed by atoms with Crippen molar-refractivity contribution in [3.05, 3.63) is 47.8 Å². The maximum atomic E-state index is 5.54. The van der Waals surface area contributed by atoms with E-state index in [1.165, 1.54) is 43.0 Å².